The number of halogens is 1. The highest BCUT2D eigenvalue weighted by Crippen LogP contribution is 2.19. The summed E-state index contributed by atoms with van der Waals surface area (Å²) in [5.74, 6) is -0.321. The first-order valence-corrected chi connectivity index (χ1v) is 6.46. The number of nitrogens with one attached hydrogen (secondary N) is 1. The van der Waals surface area contributed by atoms with Crippen LogP contribution in [0.1, 0.15) is 11.1 Å². The normalized spacial score (nSPS) is 10.6. The number of imidazole rings is 1. The van der Waals surface area contributed by atoms with E-state index in [0.717, 1.165) is 11.1 Å². The van der Waals surface area contributed by atoms with E-state index in [2.05, 4.69) is 11.1 Å². The summed E-state index contributed by atoms with van der Waals surface area (Å²) in [6.07, 6.45) is 0. The minimum atomic E-state index is -0.321. The Bertz CT molecular complexity index is 886. The van der Waals surface area contributed by atoms with E-state index >= 15 is 0 Å². The van der Waals surface area contributed by atoms with Gasteiger partial charge in [0.1, 0.15) is 11.3 Å². The molecule has 3 rings (SSSR count). The molecule has 0 unspecified atom stereocenters. The molecule has 0 aliphatic heterocycles. The van der Waals surface area contributed by atoms with Gasteiger partial charge in [-0.1, -0.05) is 18.2 Å². The lowest BCUT2D eigenvalue weighted by molar-refractivity contribution is 0.637. The van der Waals surface area contributed by atoms with Gasteiger partial charge in [-0.3, -0.25) is 0 Å². The van der Waals surface area contributed by atoms with Gasteiger partial charge in [-0.25, -0.2) is 4.39 Å². The molecule has 0 aliphatic carbocycles. The van der Waals surface area contributed by atoms with Crippen molar-refractivity contribution in [2.75, 3.05) is 0 Å². The summed E-state index contributed by atoms with van der Waals surface area (Å²) in [7, 11) is 0. The van der Waals surface area contributed by atoms with Gasteiger partial charge in [-0.05, 0) is 42.0 Å². The molecule has 0 amide bonds. The number of para-hydroxylation sites is 1. The monoisotopic (exact) mass is 283 g/mol. The van der Waals surface area contributed by atoms with E-state index in [9.17, 15) is 4.39 Å². The highest BCUT2D eigenvalue weighted by molar-refractivity contribution is 7.71. The highest BCUT2D eigenvalue weighted by atomic mass is 32.1. The Labute approximate surface area is 119 Å². The molecule has 1 heterocycles. The third-order valence-corrected chi connectivity index (χ3v) is 3.48. The Morgan fingerprint density at radius 2 is 2.05 bits per heavy atom. The molecule has 0 saturated heterocycles. The molecular formula is C15H10FN3S. The topological polar surface area (TPSA) is 44.5 Å². The summed E-state index contributed by atoms with van der Waals surface area (Å²) >= 11 is 5.25. The predicted molar refractivity (Wildman–Crippen MR) is 77.3 cm³/mol. The Morgan fingerprint density at radius 1 is 1.25 bits per heavy atom. The molecule has 0 saturated carbocycles. The van der Waals surface area contributed by atoms with Crippen LogP contribution < -0.4 is 0 Å². The zero-order valence-electron chi connectivity index (χ0n) is 10.4. The number of nitrogens with zero attached hydrogens (tertiary/aromatic N) is 2. The number of fused-ring (bicyclic) bond motifs is 1. The van der Waals surface area contributed by atoms with Crippen LogP contribution >= 0.6 is 12.2 Å². The molecule has 0 aliphatic rings. The zero-order valence-corrected chi connectivity index (χ0v) is 11.2. The molecule has 2 aromatic carbocycles. The van der Waals surface area contributed by atoms with Crippen molar-refractivity contribution in [1.29, 1.82) is 5.26 Å². The highest BCUT2D eigenvalue weighted by Gasteiger charge is 2.08. The van der Waals surface area contributed by atoms with Crippen molar-refractivity contribution in [3.8, 4) is 6.07 Å². The fourth-order valence-corrected chi connectivity index (χ4v) is 2.49. The van der Waals surface area contributed by atoms with Crippen molar-refractivity contribution in [3.05, 3.63) is 64.2 Å². The van der Waals surface area contributed by atoms with Crippen molar-refractivity contribution < 1.29 is 4.39 Å². The van der Waals surface area contributed by atoms with E-state index in [1.54, 1.807) is 18.2 Å². The van der Waals surface area contributed by atoms with Gasteiger partial charge < -0.3 is 9.55 Å². The third kappa shape index (κ3) is 2.10. The van der Waals surface area contributed by atoms with E-state index in [1.807, 2.05) is 22.8 Å². The van der Waals surface area contributed by atoms with E-state index in [-0.39, 0.29) is 5.82 Å². The Morgan fingerprint density at radius 3 is 2.85 bits per heavy atom. The van der Waals surface area contributed by atoms with Crippen LogP contribution in [0.15, 0.2) is 42.5 Å². The summed E-state index contributed by atoms with van der Waals surface area (Å²) in [6.45, 7) is 0.498. The van der Waals surface area contributed by atoms with Gasteiger partial charge in [0.05, 0.1) is 23.7 Å². The molecule has 0 spiro atoms. The molecule has 98 valence electrons. The number of hydrogen-bond acceptors (Lipinski definition) is 2. The largest absolute Gasteiger partial charge is 0.328 e. The van der Waals surface area contributed by atoms with Crippen molar-refractivity contribution >= 4 is 23.3 Å². The number of nitriles is 1. The van der Waals surface area contributed by atoms with Gasteiger partial charge in [0.2, 0.25) is 0 Å². The molecule has 1 N–H and O–H groups in total. The van der Waals surface area contributed by atoms with Gasteiger partial charge in [-0.15, -0.1) is 0 Å². The fraction of sp³-hybridized carbons (Fsp3) is 0.0667. The maximum Gasteiger partial charge on any atom is 0.178 e. The van der Waals surface area contributed by atoms with Crippen molar-refractivity contribution in [1.82, 2.24) is 9.55 Å². The number of rotatable bonds is 2. The predicted octanol–water partition coefficient (Wildman–Crippen LogP) is 3.76. The lowest BCUT2D eigenvalue weighted by Gasteiger charge is -2.05. The van der Waals surface area contributed by atoms with Crippen LogP contribution in [0.3, 0.4) is 0 Å². The Hall–Kier alpha value is -2.45. The van der Waals surface area contributed by atoms with E-state index < -0.39 is 0 Å². The second-order valence-electron chi connectivity index (χ2n) is 4.46. The molecule has 0 bridgehead atoms. The number of benzene rings is 2. The first-order chi connectivity index (χ1) is 9.69. The number of aromatic nitrogens is 2. The van der Waals surface area contributed by atoms with Crippen LogP contribution in [0.2, 0.25) is 0 Å². The van der Waals surface area contributed by atoms with Crippen LogP contribution in [-0.2, 0) is 6.54 Å². The minimum absolute atomic E-state index is 0.321. The molecule has 0 fully saturated rings. The van der Waals surface area contributed by atoms with Gasteiger partial charge in [0.25, 0.3) is 0 Å². The Kier molecular flexibility index (Phi) is 3.09. The molecule has 20 heavy (non-hydrogen) atoms. The van der Waals surface area contributed by atoms with Gasteiger partial charge in [0, 0.05) is 0 Å². The van der Waals surface area contributed by atoms with Crippen LogP contribution in [-0.4, -0.2) is 9.55 Å². The number of H-pyrrole nitrogens is 1. The molecule has 3 nitrogen and oxygen atoms in total. The minimum Gasteiger partial charge on any atom is -0.328 e. The summed E-state index contributed by atoms with van der Waals surface area (Å²) in [4.78, 5) is 2.88. The van der Waals surface area contributed by atoms with E-state index in [4.69, 9.17) is 17.5 Å². The van der Waals surface area contributed by atoms with Crippen LogP contribution in [0.25, 0.3) is 11.0 Å². The average molecular weight is 283 g/mol. The maximum atomic E-state index is 13.7. The molecule has 0 radical (unpaired) electrons. The van der Waals surface area contributed by atoms with E-state index in [0.29, 0.717) is 22.4 Å². The molecule has 3 aromatic rings. The average Bonchev–Trinajstić information content (AvgIpc) is 2.78. The number of hydrogen-bond donors (Lipinski definition) is 1. The first-order valence-electron chi connectivity index (χ1n) is 6.05. The molecule has 0 atom stereocenters. The standard InChI is InChI=1S/C15H10FN3S/c16-12-5-2-6-13-14(12)18-15(20)19(13)9-11-4-1-3-10(7-11)8-17/h1-7H,9H2,(H,18,20). The van der Waals surface area contributed by atoms with Crippen LogP contribution in [0.5, 0.6) is 0 Å². The van der Waals surface area contributed by atoms with Crippen molar-refractivity contribution in [2.24, 2.45) is 0 Å². The summed E-state index contributed by atoms with van der Waals surface area (Å²) < 4.78 is 16.0. The first kappa shape index (κ1) is 12.6. The SMILES string of the molecule is N#Cc1cccc(Cn2c(=S)[nH]c3c(F)cccc32)c1. The van der Waals surface area contributed by atoms with Crippen LogP contribution in [0, 0.1) is 21.9 Å². The second kappa shape index (κ2) is 4.91. The maximum absolute atomic E-state index is 13.7. The van der Waals surface area contributed by atoms with Gasteiger partial charge in [0.15, 0.2) is 4.77 Å². The molecule has 1 aromatic heterocycles. The van der Waals surface area contributed by atoms with E-state index in [1.165, 1.54) is 6.07 Å². The lowest BCUT2D eigenvalue weighted by Crippen LogP contribution is -2.00. The number of aromatic amines is 1. The van der Waals surface area contributed by atoms with Crippen molar-refractivity contribution in [3.63, 3.8) is 0 Å². The quantitative estimate of drug-likeness (QED) is 0.728. The summed E-state index contributed by atoms with van der Waals surface area (Å²) in [5, 5.41) is 8.92. The van der Waals surface area contributed by atoms with Gasteiger partial charge >= 0.3 is 0 Å². The summed E-state index contributed by atoms with van der Waals surface area (Å²) in [6, 6.07) is 14.3. The smallest absolute Gasteiger partial charge is 0.178 e. The van der Waals surface area contributed by atoms with Gasteiger partial charge in [-0.2, -0.15) is 5.26 Å². The molecule has 5 heteroatoms. The fourth-order valence-electron chi connectivity index (χ4n) is 2.22. The Balaban J connectivity index is 2.11. The lowest BCUT2D eigenvalue weighted by atomic mass is 10.1. The summed E-state index contributed by atoms with van der Waals surface area (Å²) in [5.41, 5.74) is 2.68. The van der Waals surface area contributed by atoms with Crippen molar-refractivity contribution in [2.45, 2.75) is 6.54 Å². The second-order valence-corrected chi connectivity index (χ2v) is 4.85. The third-order valence-electron chi connectivity index (χ3n) is 3.16. The zero-order chi connectivity index (χ0) is 14.1. The molecular weight excluding hydrogens is 273 g/mol. The van der Waals surface area contributed by atoms with Crippen LogP contribution in [0.4, 0.5) is 4.39 Å².